The van der Waals surface area contributed by atoms with Gasteiger partial charge in [-0.15, -0.1) is 0 Å². The van der Waals surface area contributed by atoms with Gasteiger partial charge in [0.15, 0.2) is 0 Å². The van der Waals surface area contributed by atoms with Crippen LogP contribution in [0.1, 0.15) is 76.4 Å². The molecule has 0 radical (unpaired) electrons. The van der Waals surface area contributed by atoms with Crippen molar-refractivity contribution in [2.45, 2.75) is 96.9 Å². The molecule has 16 nitrogen and oxygen atoms in total. The van der Waals surface area contributed by atoms with Gasteiger partial charge in [-0.05, 0) is 30.2 Å². The van der Waals surface area contributed by atoms with E-state index in [1.54, 1.807) is 65.0 Å². The molecule has 2 heterocycles. The maximum absolute atomic E-state index is 14.3. The first-order valence-corrected chi connectivity index (χ1v) is 18.3. The van der Waals surface area contributed by atoms with Crippen LogP contribution < -0.4 is 21.3 Å². The number of carbonyl (C=O) groups is 8. The zero-order valence-corrected chi connectivity index (χ0v) is 31.1. The third-order valence-corrected chi connectivity index (χ3v) is 9.92. The Morgan fingerprint density at radius 2 is 1.57 bits per heavy atom. The number of benzene rings is 1. The van der Waals surface area contributed by atoms with Crippen molar-refractivity contribution in [1.82, 2.24) is 36.1 Å². The first-order chi connectivity index (χ1) is 25.6. The predicted molar refractivity (Wildman–Crippen MR) is 193 cm³/mol. The number of likely N-dealkylation sites (tertiary alicyclic amines) is 1. The molecule has 16 heteroatoms. The van der Waals surface area contributed by atoms with Crippen LogP contribution in [0.25, 0.3) is 0 Å². The number of ketones is 2. The molecule has 1 saturated heterocycles. The average Bonchev–Trinajstić information content (AvgIpc) is 3.71. The van der Waals surface area contributed by atoms with Crippen LogP contribution in [0.4, 0.5) is 0 Å². The first kappa shape index (κ1) is 41.2. The predicted octanol–water partition coefficient (Wildman–Crippen LogP) is 0.844. The lowest BCUT2D eigenvalue weighted by Gasteiger charge is -2.33. The van der Waals surface area contributed by atoms with Crippen molar-refractivity contribution in [3.05, 3.63) is 60.2 Å². The number of carboxylic acids is 1. The van der Waals surface area contributed by atoms with Crippen LogP contribution in [-0.2, 0) is 40.0 Å². The van der Waals surface area contributed by atoms with Crippen LogP contribution in [0.3, 0.4) is 0 Å². The summed E-state index contributed by atoms with van der Waals surface area (Å²) in [6.07, 6.45) is 4.88. The molecule has 0 spiro atoms. The zero-order valence-electron chi connectivity index (χ0n) is 31.1. The van der Waals surface area contributed by atoms with Crippen LogP contribution in [0.2, 0.25) is 0 Å². The van der Waals surface area contributed by atoms with E-state index in [-0.39, 0.29) is 37.3 Å². The summed E-state index contributed by atoms with van der Waals surface area (Å²) in [5.74, 6) is -8.40. The highest BCUT2D eigenvalue weighted by Gasteiger charge is 2.54. The largest absolute Gasteiger partial charge is 0.480 e. The Morgan fingerprint density at radius 3 is 2.17 bits per heavy atom. The molecule has 5 amide bonds. The van der Waals surface area contributed by atoms with Crippen LogP contribution in [0.15, 0.2) is 48.9 Å². The van der Waals surface area contributed by atoms with E-state index < -0.39 is 95.2 Å². The summed E-state index contributed by atoms with van der Waals surface area (Å²) in [5.41, 5.74) is 0.630. The van der Waals surface area contributed by atoms with Gasteiger partial charge < -0.3 is 31.3 Å². The minimum absolute atomic E-state index is 0.000733. The monoisotopic (exact) mass is 747 g/mol. The number of nitrogens with one attached hydrogen (secondary N) is 4. The molecular formula is C38H49N7O9. The fourth-order valence-corrected chi connectivity index (χ4v) is 7.02. The number of Topliss-reactive ketones (excluding diaryl/α,β-unsaturated/α-hetero) is 2. The Balaban J connectivity index is 1.52. The summed E-state index contributed by atoms with van der Waals surface area (Å²) in [5, 5.41) is 20.1. The smallest absolute Gasteiger partial charge is 0.326 e. The maximum atomic E-state index is 14.3. The second-order valence-electron chi connectivity index (χ2n) is 14.5. The van der Waals surface area contributed by atoms with Crippen molar-refractivity contribution in [2.24, 2.45) is 23.7 Å². The average molecular weight is 748 g/mol. The fourth-order valence-electron chi connectivity index (χ4n) is 7.02. The number of hydrogen-bond donors (Lipinski definition) is 5. The molecule has 1 saturated carbocycles. The highest BCUT2D eigenvalue weighted by Crippen LogP contribution is 2.41. The van der Waals surface area contributed by atoms with Crippen molar-refractivity contribution in [1.29, 1.82) is 0 Å². The lowest BCUT2D eigenvalue weighted by atomic mass is 9.92. The van der Waals surface area contributed by atoms with Crippen molar-refractivity contribution in [3.63, 3.8) is 0 Å². The molecule has 54 heavy (non-hydrogen) atoms. The number of aromatic nitrogens is 2. The topological polar surface area (TPSA) is 234 Å². The summed E-state index contributed by atoms with van der Waals surface area (Å²) in [7, 11) is 0. The highest BCUT2D eigenvalue weighted by molar-refractivity contribution is 6.38. The minimum atomic E-state index is -1.41. The molecule has 1 aliphatic heterocycles. The van der Waals surface area contributed by atoms with E-state index in [0.29, 0.717) is 18.4 Å². The van der Waals surface area contributed by atoms with E-state index >= 15 is 0 Å². The quantitative estimate of drug-likeness (QED) is 0.142. The summed E-state index contributed by atoms with van der Waals surface area (Å²) in [6, 6.07) is 2.42. The van der Waals surface area contributed by atoms with Crippen LogP contribution in [0.5, 0.6) is 0 Å². The van der Waals surface area contributed by atoms with E-state index in [2.05, 4.69) is 31.2 Å². The molecular weight excluding hydrogens is 698 g/mol. The summed E-state index contributed by atoms with van der Waals surface area (Å²) in [4.78, 5) is 116. The number of amides is 5. The molecule has 1 aliphatic carbocycles. The van der Waals surface area contributed by atoms with Crippen molar-refractivity contribution >= 4 is 47.1 Å². The number of hydrogen-bond acceptors (Lipinski definition) is 10. The van der Waals surface area contributed by atoms with E-state index in [1.807, 2.05) is 0 Å². The molecule has 1 aromatic heterocycles. The Hall–Kier alpha value is -5.54. The van der Waals surface area contributed by atoms with E-state index in [1.165, 1.54) is 23.5 Å². The molecule has 2 aliphatic rings. The molecule has 290 valence electrons. The van der Waals surface area contributed by atoms with Gasteiger partial charge in [0, 0.05) is 43.6 Å². The summed E-state index contributed by atoms with van der Waals surface area (Å²) in [6.45, 7) is 8.52. The summed E-state index contributed by atoms with van der Waals surface area (Å²) < 4.78 is 0. The van der Waals surface area contributed by atoms with Crippen molar-refractivity contribution in [3.8, 4) is 0 Å². The number of carboxylic acid groups (broad SMARTS) is 1. The van der Waals surface area contributed by atoms with Crippen molar-refractivity contribution < 1.29 is 43.5 Å². The molecule has 2 aromatic rings. The van der Waals surface area contributed by atoms with Crippen LogP contribution in [-0.4, -0.2) is 104 Å². The summed E-state index contributed by atoms with van der Waals surface area (Å²) >= 11 is 0. The number of fused-ring (bicyclic) bond motifs is 1. The number of aliphatic carboxylic acids is 1. The second-order valence-corrected chi connectivity index (χ2v) is 14.5. The Labute approximate surface area is 313 Å². The third kappa shape index (κ3) is 9.90. The van der Waals surface area contributed by atoms with E-state index in [9.17, 15) is 43.5 Å². The molecule has 5 N–H and O–H groups in total. The van der Waals surface area contributed by atoms with Crippen LogP contribution >= 0.6 is 0 Å². The van der Waals surface area contributed by atoms with Gasteiger partial charge >= 0.3 is 5.97 Å². The first-order valence-electron chi connectivity index (χ1n) is 18.3. The van der Waals surface area contributed by atoms with Gasteiger partial charge in [-0.1, -0.05) is 71.4 Å². The lowest BCUT2D eigenvalue weighted by Crippen LogP contribution is -2.60. The lowest BCUT2D eigenvalue weighted by molar-refractivity contribution is -0.146. The molecule has 2 fully saturated rings. The molecule has 7 atom stereocenters. The molecule has 4 rings (SSSR count). The number of carbonyl (C=O) groups excluding carboxylic acids is 7. The Morgan fingerprint density at radius 1 is 0.889 bits per heavy atom. The fraction of sp³-hybridized carbons (Fsp3) is 0.526. The zero-order chi connectivity index (χ0) is 39.7. The standard InChI is InChI=1S/C38H49N7O9/c1-6-10-25(32(47)36(51)42-26(38(53)54)17-22-11-8-7-9-12-22)41-35(50)31-23-13-14-28(46)24(23)19-45(31)37(52)30(21(4)5)44-34(49)29(20(2)3)43-33(48)27-18-39-15-16-40-27/h7-9,11-12,15-16,18,20-21,23-26,29-31H,6,10,13-14,17,19H2,1-5H3,(H,41,50)(H,42,51)(H,43,48)(H,44,49)(H,53,54)/t23-,24-,25?,26-,29+,30?,31?/m0/s1. The van der Waals surface area contributed by atoms with Gasteiger partial charge in [-0.25, -0.2) is 9.78 Å². The molecule has 0 bridgehead atoms. The normalized spacial score (nSPS) is 20.0. The van der Waals surface area contributed by atoms with Crippen molar-refractivity contribution in [2.75, 3.05) is 6.54 Å². The van der Waals surface area contributed by atoms with Gasteiger partial charge in [0.1, 0.15) is 35.6 Å². The van der Waals surface area contributed by atoms with Gasteiger partial charge in [-0.3, -0.25) is 38.5 Å². The van der Waals surface area contributed by atoms with E-state index in [4.69, 9.17) is 0 Å². The van der Waals surface area contributed by atoms with Gasteiger partial charge in [0.05, 0.1) is 12.2 Å². The third-order valence-electron chi connectivity index (χ3n) is 9.92. The number of rotatable bonds is 17. The van der Waals surface area contributed by atoms with Gasteiger partial charge in [-0.2, -0.15) is 0 Å². The second kappa shape index (κ2) is 18.5. The minimum Gasteiger partial charge on any atom is -0.480 e. The molecule has 1 aromatic carbocycles. The van der Waals surface area contributed by atoms with Gasteiger partial charge in [0.25, 0.3) is 11.8 Å². The highest BCUT2D eigenvalue weighted by atomic mass is 16.4. The number of nitrogens with zero attached hydrogens (tertiary/aromatic N) is 3. The Bertz CT molecular complexity index is 1720. The van der Waals surface area contributed by atoms with Gasteiger partial charge in [0.2, 0.25) is 23.5 Å². The maximum Gasteiger partial charge on any atom is 0.326 e. The SMILES string of the molecule is CCCC(NC(=O)C1[C@H]2CCC(=O)[C@H]2CN1C(=O)C(NC(=O)[C@H](NC(=O)c1cnccn1)C(C)C)C(C)C)C(=O)C(=O)N[C@@H](Cc1ccccc1)C(=O)O. The molecule has 3 unspecified atom stereocenters. The Kier molecular flexibility index (Phi) is 14.1. The van der Waals surface area contributed by atoms with Crippen LogP contribution in [0, 0.1) is 23.7 Å². The van der Waals surface area contributed by atoms with E-state index in [0.717, 1.165) is 0 Å².